The third-order valence-corrected chi connectivity index (χ3v) is 6.18. The molecular weight excluding hydrogens is 361 g/mol. The second-order valence-corrected chi connectivity index (χ2v) is 8.81. The topological polar surface area (TPSA) is 80.8 Å². The van der Waals surface area contributed by atoms with Crippen LogP contribution in [0.1, 0.15) is 24.8 Å². The lowest BCUT2D eigenvalue weighted by Gasteiger charge is -2.28. The molecule has 1 aliphatic heterocycles. The van der Waals surface area contributed by atoms with Crippen molar-refractivity contribution >= 4 is 27.8 Å². The third kappa shape index (κ3) is 4.91. The van der Waals surface area contributed by atoms with E-state index in [4.69, 9.17) is 4.74 Å². The summed E-state index contributed by atoms with van der Waals surface area (Å²) < 4.78 is 41.4. The minimum absolute atomic E-state index is 0.0251. The Kier molecular flexibility index (Phi) is 5.41. The van der Waals surface area contributed by atoms with Crippen molar-refractivity contribution in [1.29, 1.82) is 0 Å². The van der Waals surface area contributed by atoms with Gasteiger partial charge in [-0.1, -0.05) is 12.1 Å². The molecule has 1 saturated heterocycles. The number of ether oxygens (including phenoxy) is 1. The van der Waals surface area contributed by atoms with E-state index in [1.807, 2.05) is 0 Å². The molecule has 2 aliphatic rings. The number of benzene rings is 1. The molecule has 1 aromatic carbocycles. The maximum absolute atomic E-state index is 13.1. The molecule has 26 heavy (non-hydrogen) atoms. The fourth-order valence-electron chi connectivity index (χ4n) is 3.08. The summed E-state index contributed by atoms with van der Waals surface area (Å²) in [6.45, 7) is -0.431. The van der Waals surface area contributed by atoms with E-state index in [-0.39, 0.29) is 29.5 Å². The highest BCUT2D eigenvalue weighted by Crippen LogP contribution is 2.32. The van der Waals surface area contributed by atoms with E-state index in [0.29, 0.717) is 12.0 Å². The van der Waals surface area contributed by atoms with Crippen LogP contribution in [0, 0.1) is 5.82 Å². The number of halogens is 1. The van der Waals surface area contributed by atoms with Gasteiger partial charge >= 0.3 is 5.97 Å². The van der Waals surface area contributed by atoms with Crippen molar-refractivity contribution in [2.24, 2.45) is 0 Å². The molecule has 0 unspecified atom stereocenters. The lowest BCUT2D eigenvalue weighted by molar-refractivity contribution is -0.149. The number of carbonyl (C=O) groups excluding carboxylic acids is 2. The van der Waals surface area contributed by atoms with Crippen molar-refractivity contribution in [2.75, 3.05) is 18.1 Å². The van der Waals surface area contributed by atoms with Gasteiger partial charge in [-0.05, 0) is 43.0 Å². The normalized spacial score (nSPS) is 21.7. The van der Waals surface area contributed by atoms with E-state index < -0.39 is 28.2 Å². The first-order valence-electron chi connectivity index (χ1n) is 8.46. The van der Waals surface area contributed by atoms with Crippen molar-refractivity contribution in [2.45, 2.75) is 31.3 Å². The van der Waals surface area contributed by atoms with Gasteiger partial charge in [0.1, 0.15) is 5.82 Å². The first kappa shape index (κ1) is 18.6. The third-order valence-electron chi connectivity index (χ3n) is 4.43. The molecule has 0 spiro atoms. The largest absolute Gasteiger partial charge is 0.452 e. The van der Waals surface area contributed by atoms with E-state index in [0.717, 1.165) is 18.9 Å². The number of sulfone groups is 1. The average Bonchev–Trinajstić information content (AvgIpc) is 3.34. The molecule has 0 N–H and O–H groups in total. The maximum atomic E-state index is 13.1. The van der Waals surface area contributed by atoms with Gasteiger partial charge in [-0.3, -0.25) is 4.79 Å². The Morgan fingerprint density at radius 2 is 2.00 bits per heavy atom. The van der Waals surface area contributed by atoms with Gasteiger partial charge in [0.25, 0.3) is 5.91 Å². The molecular formula is C18H20FNO5S. The molecule has 1 aliphatic carbocycles. The fourth-order valence-corrected chi connectivity index (χ4v) is 4.79. The van der Waals surface area contributed by atoms with Crippen molar-refractivity contribution in [1.82, 2.24) is 4.90 Å². The molecule has 140 valence electrons. The summed E-state index contributed by atoms with van der Waals surface area (Å²) in [5.74, 6) is -1.44. The van der Waals surface area contributed by atoms with E-state index >= 15 is 0 Å². The summed E-state index contributed by atoms with van der Waals surface area (Å²) in [6.07, 6.45) is 4.64. The SMILES string of the molecule is O=C(/C=C/c1cccc(F)c1)OCC(=O)N(C1CC1)[C@@H]1CCS(=O)(=O)C1. The summed E-state index contributed by atoms with van der Waals surface area (Å²) in [7, 11) is -3.10. The van der Waals surface area contributed by atoms with Crippen LogP contribution in [0.3, 0.4) is 0 Å². The molecule has 1 saturated carbocycles. The molecule has 1 heterocycles. The average molecular weight is 381 g/mol. The van der Waals surface area contributed by atoms with Gasteiger partial charge in [-0.15, -0.1) is 0 Å². The second-order valence-electron chi connectivity index (χ2n) is 6.59. The molecule has 1 aromatic rings. The van der Waals surface area contributed by atoms with Crippen LogP contribution >= 0.6 is 0 Å². The molecule has 8 heteroatoms. The number of amides is 1. The number of esters is 1. The first-order valence-corrected chi connectivity index (χ1v) is 10.3. The molecule has 3 rings (SSSR count). The molecule has 6 nitrogen and oxygen atoms in total. The van der Waals surface area contributed by atoms with Gasteiger partial charge in [-0.2, -0.15) is 0 Å². The number of nitrogens with zero attached hydrogens (tertiary/aromatic N) is 1. The van der Waals surface area contributed by atoms with Crippen LogP contribution in [-0.4, -0.2) is 55.4 Å². The van der Waals surface area contributed by atoms with Gasteiger partial charge in [0.15, 0.2) is 16.4 Å². The van der Waals surface area contributed by atoms with E-state index in [1.165, 1.54) is 24.3 Å². The van der Waals surface area contributed by atoms with Crippen LogP contribution in [-0.2, 0) is 24.2 Å². The maximum Gasteiger partial charge on any atom is 0.331 e. The van der Waals surface area contributed by atoms with Crippen LogP contribution in [0.15, 0.2) is 30.3 Å². The Morgan fingerprint density at radius 3 is 2.62 bits per heavy atom. The number of rotatable bonds is 6. The zero-order valence-electron chi connectivity index (χ0n) is 14.1. The van der Waals surface area contributed by atoms with Crippen molar-refractivity contribution in [3.05, 3.63) is 41.7 Å². The van der Waals surface area contributed by atoms with Crippen LogP contribution in [0.25, 0.3) is 6.08 Å². The number of hydrogen-bond acceptors (Lipinski definition) is 5. The standard InChI is InChI=1S/C18H20FNO5S/c19-14-3-1-2-13(10-14)4-7-18(22)25-11-17(21)20(15-5-6-15)16-8-9-26(23,24)12-16/h1-4,7,10,15-16H,5-6,8-9,11-12H2/b7-4+/t16-/m1/s1. The summed E-state index contributed by atoms with van der Waals surface area (Å²) in [5, 5.41) is 0. The van der Waals surface area contributed by atoms with E-state index in [9.17, 15) is 22.4 Å². The summed E-state index contributed by atoms with van der Waals surface area (Å²) in [4.78, 5) is 25.8. The minimum atomic E-state index is -3.10. The van der Waals surface area contributed by atoms with Crippen molar-refractivity contribution in [3.63, 3.8) is 0 Å². The Hall–Kier alpha value is -2.22. The van der Waals surface area contributed by atoms with Crippen LogP contribution in [0.2, 0.25) is 0 Å². The Balaban J connectivity index is 1.54. The van der Waals surface area contributed by atoms with Crippen molar-refractivity contribution < 1.29 is 27.1 Å². The summed E-state index contributed by atoms with van der Waals surface area (Å²) in [6, 6.07) is 5.43. The van der Waals surface area contributed by atoms with Crippen LogP contribution in [0.5, 0.6) is 0 Å². The predicted molar refractivity (Wildman–Crippen MR) is 93.3 cm³/mol. The molecule has 0 radical (unpaired) electrons. The molecule has 0 bridgehead atoms. The monoisotopic (exact) mass is 381 g/mol. The molecule has 0 aromatic heterocycles. The van der Waals surface area contributed by atoms with E-state index in [1.54, 1.807) is 11.0 Å². The van der Waals surface area contributed by atoms with E-state index in [2.05, 4.69) is 0 Å². The highest BCUT2D eigenvalue weighted by molar-refractivity contribution is 7.91. The Morgan fingerprint density at radius 1 is 1.23 bits per heavy atom. The van der Waals surface area contributed by atoms with Gasteiger partial charge in [0.2, 0.25) is 0 Å². The Bertz CT molecular complexity index is 832. The van der Waals surface area contributed by atoms with Crippen LogP contribution < -0.4 is 0 Å². The lowest BCUT2D eigenvalue weighted by atomic mass is 10.2. The predicted octanol–water partition coefficient (Wildman–Crippen LogP) is 1.56. The smallest absolute Gasteiger partial charge is 0.331 e. The zero-order valence-corrected chi connectivity index (χ0v) is 15.0. The summed E-state index contributed by atoms with van der Waals surface area (Å²) >= 11 is 0. The minimum Gasteiger partial charge on any atom is -0.452 e. The lowest BCUT2D eigenvalue weighted by Crippen LogP contribution is -2.44. The highest BCUT2D eigenvalue weighted by Gasteiger charge is 2.42. The summed E-state index contributed by atoms with van der Waals surface area (Å²) in [5.41, 5.74) is 0.504. The van der Waals surface area contributed by atoms with Gasteiger partial charge in [0, 0.05) is 18.2 Å². The first-order chi connectivity index (χ1) is 12.3. The second kappa shape index (κ2) is 7.57. The zero-order chi connectivity index (χ0) is 18.7. The highest BCUT2D eigenvalue weighted by atomic mass is 32.2. The molecule has 1 atom stereocenters. The number of carbonyl (C=O) groups is 2. The quantitative estimate of drug-likeness (QED) is 0.552. The van der Waals surface area contributed by atoms with Crippen molar-refractivity contribution in [3.8, 4) is 0 Å². The fraction of sp³-hybridized carbons (Fsp3) is 0.444. The van der Waals surface area contributed by atoms with Gasteiger partial charge in [-0.25, -0.2) is 17.6 Å². The molecule has 1 amide bonds. The van der Waals surface area contributed by atoms with Gasteiger partial charge in [0.05, 0.1) is 11.5 Å². The van der Waals surface area contributed by atoms with Gasteiger partial charge < -0.3 is 9.64 Å². The Labute approximate surface area is 151 Å². The molecule has 2 fully saturated rings. The van der Waals surface area contributed by atoms with Crippen LogP contribution in [0.4, 0.5) is 4.39 Å². The number of hydrogen-bond donors (Lipinski definition) is 0.